The number of oxime groups is 1. The molecule has 2 aliphatic rings. The van der Waals surface area contributed by atoms with Gasteiger partial charge in [-0.1, -0.05) is 28.4 Å². The lowest BCUT2D eigenvalue weighted by Crippen LogP contribution is -2.29. The van der Waals surface area contributed by atoms with E-state index in [2.05, 4.69) is 5.16 Å². The second-order valence-corrected chi connectivity index (χ2v) is 8.07. The Labute approximate surface area is 180 Å². The van der Waals surface area contributed by atoms with Crippen molar-refractivity contribution >= 4 is 41.5 Å². The maximum Gasteiger partial charge on any atom is 0.492 e. The first-order chi connectivity index (χ1) is 14.0. The molecule has 1 unspecified atom stereocenters. The van der Waals surface area contributed by atoms with E-state index in [1.807, 2.05) is 0 Å². The molecule has 4 nitrogen and oxygen atoms in total. The second kappa shape index (κ2) is 8.38. The highest BCUT2D eigenvalue weighted by atomic mass is 35.5. The van der Waals surface area contributed by atoms with E-state index in [1.165, 1.54) is 30.3 Å². The molecule has 30 heavy (non-hydrogen) atoms. The van der Waals surface area contributed by atoms with E-state index in [0.29, 0.717) is 11.0 Å². The van der Waals surface area contributed by atoms with E-state index in [0.717, 1.165) is 0 Å². The van der Waals surface area contributed by atoms with Crippen LogP contribution < -0.4 is 5.46 Å². The lowest BCUT2D eigenvalue weighted by atomic mass is 9.77. The number of hydrogen-bond donors (Lipinski definition) is 1. The number of benzene rings is 2. The number of hydrogen-bond acceptors (Lipinski definition) is 4. The zero-order chi connectivity index (χ0) is 22.3. The number of alkyl halides is 3. The minimum atomic E-state index is -2.30. The van der Waals surface area contributed by atoms with Crippen LogP contribution in [0.25, 0.3) is 0 Å². The molecule has 0 aromatic heterocycles. The summed E-state index contributed by atoms with van der Waals surface area (Å²) in [6, 6.07) is 6.94. The van der Waals surface area contributed by atoms with Crippen LogP contribution in [0.3, 0.4) is 0 Å². The summed E-state index contributed by atoms with van der Waals surface area (Å²) in [5.41, 5.74) is 0.424. The molecule has 0 fully saturated rings. The summed E-state index contributed by atoms with van der Waals surface area (Å²) in [5.74, 6) is -2.95. The van der Waals surface area contributed by atoms with Crippen molar-refractivity contribution < 1.29 is 32.1 Å². The Bertz CT molecular complexity index is 988. The Morgan fingerprint density at radius 2 is 1.73 bits per heavy atom. The fourth-order valence-electron chi connectivity index (χ4n) is 3.42. The predicted molar refractivity (Wildman–Crippen MR) is 107 cm³/mol. The fraction of sp³-hybridized carbons (Fsp3) is 0.316. The molecule has 0 saturated carbocycles. The molecule has 4 rings (SSSR count). The lowest BCUT2D eigenvalue weighted by Gasteiger charge is -2.20. The molecular formula is C19H16BCl2F4NO3. The topological polar surface area (TPSA) is 51.0 Å². The molecule has 0 spiro atoms. The van der Waals surface area contributed by atoms with Gasteiger partial charge in [0.1, 0.15) is 5.82 Å². The zero-order valence-electron chi connectivity index (χ0n) is 15.9. The molecule has 2 aliphatic heterocycles. The molecule has 0 radical (unpaired) electrons. The van der Waals surface area contributed by atoms with Crippen molar-refractivity contribution in [3.8, 4) is 0 Å². The van der Waals surface area contributed by atoms with Gasteiger partial charge in [-0.05, 0) is 55.2 Å². The van der Waals surface area contributed by atoms with Crippen molar-refractivity contribution in [2.45, 2.75) is 31.7 Å². The number of halogens is 6. The average Bonchev–Trinajstić information content (AvgIpc) is 3.13. The third-order valence-corrected chi connectivity index (χ3v) is 5.20. The summed E-state index contributed by atoms with van der Waals surface area (Å²) in [5, 5.41) is 14.2. The van der Waals surface area contributed by atoms with E-state index in [-0.39, 0.29) is 33.3 Å². The average molecular weight is 464 g/mol. The largest absolute Gasteiger partial charge is 0.492 e. The van der Waals surface area contributed by atoms with Gasteiger partial charge in [-0.3, -0.25) is 0 Å². The van der Waals surface area contributed by atoms with Crippen molar-refractivity contribution in [2.24, 2.45) is 5.16 Å². The van der Waals surface area contributed by atoms with E-state index >= 15 is 4.39 Å². The van der Waals surface area contributed by atoms with Crippen molar-refractivity contribution in [1.29, 1.82) is 0 Å². The third kappa shape index (κ3) is 4.30. The molecule has 0 bridgehead atoms. The van der Waals surface area contributed by atoms with E-state index in [9.17, 15) is 18.2 Å². The highest BCUT2D eigenvalue weighted by Crippen LogP contribution is 2.41. The number of fused-ring (bicyclic) bond motifs is 1. The van der Waals surface area contributed by atoms with Gasteiger partial charge in [0.25, 0.3) is 0 Å². The number of rotatable bonds is 2. The highest BCUT2D eigenvalue weighted by molar-refractivity contribution is 6.62. The summed E-state index contributed by atoms with van der Waals surface area (Å²) in [6.45, 7) is 1.76. The Morgan fingerprint density at radius 1 is 1.13 bits per heavy atom. The molecule has 1 N–H and O–H groups in total. The van der Waals surface area contributed by atoms with Crippen molar-refractivity contribution in [2.75, 3.05) is 6.93 Å². The third-order valence-electron chi connectivity index (χ3n) is 4.76. The van der Waals surface area contributed by atoms with Crippen LogP contribution >= 0.6 is 23.2 Å². The molecular weight excluding hydrogens is 448 g/mol. The van der Waals surface area contributed by atoms with Crippen LogP contribution in [0.4, 0.5) is 17.6 Å². The predicted octanol–water partition coefficient (Wildman–Crippen LogP) is 4.92. The van der Waals surface area contributed by atoms with E-state index in [1.54, 1.807) is 13.8 Å². The zero-order valence-corrected chi connectivity index (χ0v) is 17.4. The minimum Gasteiger partial charge on any atom is -0.423 e. The van der Waals surface area contributed by atoms with Gasteiger partial charge in [0.15, 0.2) is 0 Å². The quantitative estimate of drug-likeness (QED) is 0.508. The van der Waals surface area contributed by atoms with Gasteiger partial charge in [-0.25, -0.2) is 13.2 Å². The molecule has 160 valence electrons. The minimum absolute atomic E-state index is 0.0900. The van der Waals surface area contributed by atoms with Gasteiger partial charge in [0, 0.05) is 21.2 Å². The van der Waals surface area contributed by atoms with Crippen LogP contribution in [0, 0.1) is 5.82 Å². The van der Waals surface area contributed by atoms with Crippen LogP contribution in [-0.2, 0) is 20.9 Å². The van der Waals surface area contributed by atoms with Crippen LogP contribution in [0.5, 0.6) is 0 Å². The Morgan fingerprint density at radius 3 is 2.33 bits per heavy atom. The molecule has 0 amide bonds. The highest BCUT2D eigenvalue weighted by Gasteiger charge is 2.45. The van der Waals surface area contributed by atoms with Crippen LogP contribution in [0.15, 0.2) is 35.5 Å². The smallest absolute Gasteiger partial charge is 0.423 e. The SMILES string of the molecule is CC1(C)OB(O)c2cc(F)c(C3=NOC(F)(c4cc(Cl)cc(Cl)c4)C3)cc21.FCF. The van der Waals surface area contributed by atoms with Crippen molar-refractivity contribution in [3.63, 3.8) is 0 Å². The van der Waals surface area contributed by atoms with Gasteiger partial charge in [0.05, 0.1) is 17.7 Å². The molecule has 1 atom stereocenters. The molecule has 2 heterocycles. The van der Waals surface area contributed by atoms with Crippen molar-refractivity contribution in [3.05, 3.63) is 62.9 Å². The van der Waals surface area contributed by atoms with Crippen LogP contribution in [0.2, 0.25) is 10.0 Å². The van der Waals surface area contributed by atoms with E-state index < -0.39 is 31.3 Å². The van der Waals surface area contributed by atoms with Crippen LogP contribution in [-0.4, -0.2) is 24.8 Å². The van der Waals surface area contributed by atoms with Gasteiger partial charge in [-0.2, -0.15) is 4.39 Å². The number of nitrogens with zero attached hydrogens (tertiary/aromatic N) is 1. The fourth-order valence-corrected chi connectivity index (χ4v) is 3.94. The van der Waals surface area contributed by atoms with Gasteiger partial charge < -0.3 is 14.5 Å². The van der Waals surface area contributed by atoms with Gasteiger partial charge in [-0.15, -0.1) is 0 Å². The Kier molecular flexibility index (Phi) is 6.39. The van der Waals surface area contributed by atoms with Gasteiger partial charge >= 0.3 is 13.0 Å². The summed E-state index contributed by atoms with van der Waals surface area (Å²) in [6.07, 6.45) is -0.316. The molecule has 2 aromatic carbocycles. The molecule has 0 saturated heterocycles. The standard InChI is InChI=1S/C18H14BCl2F2NO3.CH2F2/c1-17(2)13-6-12(15(22)7-14(13)19(25)26-17)16-8-18(23,27-24-16)9-3-10(20)5-11(21)4-9;2-1-3/h3-7,25H,8H2,1-2H3;1H2. The Balaban J connectivity index is 0.000000806. The summed E-state index contributed by atoms with van der Waals surface area (Å²) in [7, 11) is -1.21. The Hall–Kier alpha value is -1.81. The molecule has 2 aromatic rings. The summed E-state index contributed by atoms with van der Waals surface area (Å²) < 4.78 is 54.6. The normalized spacial score (nSPS) is 21.5. The first-order valence-electron chi connectivity index (χ1n) is 8.73. The maximum atomic E-state index is 15.3. The lowest BCUT2D eigenvalue weighted by molar-refractivity contribution is -0.130. The summed E-state index contributed by atoms with van der Waals surface area (Å²) in [4.78, 5) is 5.01. The molecule has 11 heteroatoms. The first-order valence-corrected chi connectivity index (χ1v) is 9.49. The van der Waals surface area contributed by atoms with Crippen LogP contribution in [0.1, 0.15) is 37.0 Å². The second-order valence-electron chi connectivity index (χ2n) is 7.19. The molecule has 0 aliphatic carbocycles. The van der Waals surface area contributed by atoms with Crippen molar-refractivity contribution in [1.82, 2.24) is 0 Å². The van der Waals surface area contributed by atoms with E-state index in [4.69, 9.17) is 32.7 Å². The monoisotopic (exact) mass is 463 g/mol. The maximum absolute atomic E-state index is 15.3. The van der Waals surface area contributed by atoms with Gasteiger partial charge in [0.2, 0.25) is 6.93 Å². The first kappa shape index (κ1) is 22.9. The summed E-state index contributed by atoms with van der Waals surface area (Å²) >= 11 is 11.9.